The highest BCUT2D eigenvalue weighted by Gasteiger charge is 2.28. The van der Waals surface area contributed by atoms with Gasteiger partial charge in [0, 0.05) is 85.1 Å². The molecule has 0 spiro atoms. The summed E-state index contributed by atoms with van der Waals surface area (Å²) < 4.78 is 34.1. The Kier molecular flexibility index (Phi) is 36.2. The molecule has 15 N–H and O–H groups in total. The lowest BCUT2D eigenvalue weighted by Crippen LogP contribution is -2.35. The summed E-state index contributed by atoms with van der Waals surface area (Å²) in [5.74, 6) is -3.99. The highest BCUT2D eigenvalue weighted by atomic mass is 16.6. The number of carbonyl (C=O) groups is 3. The van der Waals surface area contributed by atoms with Gasteiger partial charge in [-0.2, -0.15) is 0 Å². The number of hydrogen-bond acceptors (Lipinski definition) is 21. The minimum absolute atomic E-state index is 0.0506. The molecule has 0 aromatic heterocycles. The zero-order valence-corrected chi connectivity index (χ0v) is 40.0. The van der Waals surface area contributed by atoms with Gasteiger partial charge in [-0.25, -0.2) is 0 Å². The zero-order valence-electron chi connectivity index (χ0n) is 40.0. The Labute approximate surface area is 398 Å². The second-order valence-electron chi connectivity index (χ2n) is 16.3. The van der Waals surface area contributed by atoms with Crippen LogP contribution in [0.2, 0.25) is 0 Å². The molecule has 68 heavy (non-hydrogen) atoms. The highest BCUT2D eigenvalue weighted by molar-refractivity contribution is 5.76. The normalized spacial score (nSPS) is 15.8. The molecule has 0 aromatic rings. The van der Waals surface area contributed by atoms with Crippen LogP contribution in [0.4, 0.5) is 0 Å². The third-order valence-electron chi connectivity index (χ3n) is 9.63. The van der Waals surface area contributed by atoms with Crippen molar-refractivity contribution in [2.24, 2.45) is 5.41 Å². The maximum atomic E-state index is 11.6. The number of carbonyl (C=O) groups excluding carboxylic acids is 3. The van der Waals surface area contributed by atoms with Crippen molar-refractivity contribution in [2.45, 2.75) is 142 Å². The summed E-state index contributed by atoms with van der Waals surface area (Å²) in [6, 6.07) is 0. The van der Waals surface area contributed by atoms with E-state index in [0.717, 1.165) is 20.8 Å². The first-order valence-electron chi connectivity index (χ1n) is 22.9. The summed E-state index contributed by atoms with van der Waals surface area (Å²) in [7, 11) is 0. The molecule has 0 rings (SSSR count). The molecule has 0 unspecified atom stereocenters. The number of rotatable bonds is 42. The molecule has 0 aliphatic carbocycles. The molecule has 3 amide bonds. The lowest BCUT2D eigenvalue weighted by Gasteiger charge is -2.29. The molecule has 24 heteroatoms. The number of nitrogens with one attached hydrogen (secondary N) is 3. The monoisotopic (exact) mass is 988 g/mol. The van der Waals surface area contributed by atoms with Crippen LogP contribution in [0.3, 0.4) is 0 Å². The largest absolute Gasteiger partial charge is 0.508 e. The van der Waals surface area contributed by atoms with Crippen LogP contribution in [-0.2, 0) is 42.8 Å². The van der Waals surface area contributed by atoms with E-state index in [0.29, 0.717) is 77.6 Å². The van der Waals surface area contributed by atoms with Crippen LogP contribution in [0.1, 0.15) is 105 Å². The summed E-state index contributed by atoms with van der Waals surface area (Å²) in [5.41, 5.74) is -1.82. The number of amides is 3. The Balaban J connectivity index is 5.18. The van der Waals surface area contributed by atoms with E-state index >= 15 is 0 Å². The van der Waals surface area contributed by atoms with Gasteiger partial charge in [0.25, 0.3) is 0 Å². The maximum absolute atomic E-state index is 11.6. The van der Waals surface area contributed by atoms with E-state index in [1.54, 1.807) is 0 Å². The van der Waals surface area contributed by atoms with Gasteiger partial charge in [-0.3, -0.25) is 14.4 Å². The van der Waals surface area contributed by atoms with Gasteiger partial charge < -0.3 is 106 Å². The first-order chi connectivity index (χ1) is 32.2. The predicted molar refractivity (Wildman–Crippen MR) is 242 cm³/mol. The number of aliphatic hydroxyl groups is 12. The van der Waals surface area contributed by atoms with Crippen LogP contribution < -0.4 is 16.0 Å². The molecular formula is C44H81N3O21. The van der Waals surface area contributed by atoms with E-state index in [4.69, 9.17) is 43.7 Å². The molecule has 0 heterocycles. The molecule has 24 nitrogen and oxygen atoms in total. The van der Waals surface area contributed by atoms with Gasteiger partial charge in [0.15, 0.2) is 18.9 Å². The third kappa shape index (κ3) is 29.5. The van der Waals surface area contributed by atoms with Crippen molar-refractivity contribution < 1.29 is 104 Å². The zero-order chi connectivity index (χ0) is 51.5. The molecule has 0 aliphatic rings. The lowest BCUT2D eigenvalue weighted by molar-refractivity contribution is -0.122. The Hall–Kier alpha value is -3.57. The lowest BCUT2D eigenvalue weighted by atomic mass is 9.94. The van der Waals surface area contributed by atoms with Gasteiger partial charge in [0.2, 0.25) is 17.7 Å². The fraction of sp³-hybridized carbons (Fsp3) is 0.795. The van der Waals surface area contributed by atoms with E-state index < -0.39 is 115 Å². The molecule has 0 fully saturated rings. The van der Waals surface area contributed by atoms with E-state index in [9.17, 15) is 60.3 Å². The van der Waals surface area contributed by atoms with Gasteiger partial charge in [0.05, 0.1) is 39.6 Å². The van der Waals surface area contributed by atoms with Gasteiger partial charge in [-0.1, -0.05) is 6.92 Å². The Morgan fingerprint density at radius 1 is 0.426 bits per heavy atom. The van der Waals surface area contributed by atoms with Gasteiger partial charge >= 0.3 is 0 Å². The van der Waals surface area contributed by atoms with Gasteiger partial charge in [-0.05, 0) is 57.8 Å². The van der Waals surface area contributed by atoms with E-state index in [2.05, 4.69) is 16.0 Å². The molecular weight excluding hydrogens is 906 g/mol. The van der Waals surface area contributed by atoms with Crippen molar-refractivity contribution in [1.29, 1.82) is 0 Å². The standard InChI is InChI=1S/C44H81N3O21/c1-29(51)45-35(38(57)32(54)14-17-48)41(60)66-23-11-5-8-20-63-26-44(4,27-64-21-9-6-12-24-67-42(61)36(46-30(2)52)39(58)33(55)15-18-49)28-65-22-10-7-13-25-68-43(62)37(47-31(3)53)40(59)34(56)16-19-50/h32-34,41-43,48-50,54-62H,5-28H2,1-4H3,(H,45,51)(H,46,52)(H,47,53)/b38-35+,39-36+,40-37+/t32-,33-,34-,41-,42-,43-/m0/s1. The topological polar surface area (TPSA) is 385 Å². The highest BCUT2D eigenvalue weighted by Crippen LogP contribution is 2.21. The SMILES string of the molecule is CC(=O)N/C(=C(/O)[C@@H](O)CCO)[C@@H](O)OCCCCCOCC(C)(COCCCCCO[C@H](O)/C(NC(C)=O)=C(\O)[C@@H](O)CCO)COCCCCCO[C@H](O)/C(NC(C)=O)=C(\O)[C@@H](O)CCO. The quantitative estimate of drug-likeness (QED) is 0.0208. The van der Waals surface area contributed by atoms with Crippen LogP contribution >= 0.6 is 0 Å². The van der Waals surface area contributed by atoms with Gasteiger partial charge in [-0.15, -0.1) is 0 Å². The van der Waals surface area contributed by atoms with Crippen molar-refractivity contribution in [3.05, 3.63) is 34.4 Å². The Bertz CT molecular complexity index is 1330. The Morgan fingerprint density at radius 2 is 0.662 bits per heavy atom. The molecule has 0 radical (unpaired) electrons. The maximum Gasteiger partial charge on any atom is 0.221 e. The minimum atomic E-state index is -1.73. The first kappa shape index (κ1) is 64.4. The Morgan fingerprint density at radius 3 is 0.882 bits per heavy atom. The van der Waals surface area contributed by atoms with Crippen molar-refractivity contribution in [2.75, 3.05) is 79.3 Å². The number of unbranched alkanes of at least 4 members (excludes halogenated alkanes) is 6. The van der Waals surface area contributed by atoms with Crippen molar-refractivity contribution in [1.82, 2.24) is 16.0 Å². The van der Waals surface area contributed by atoms with Crippen LogP contribution in [-0.4, -0.2) is 195 Å². The van der Waals surface area contributed by atoms with Crippen molar-refractivity contribution >= 4 is 17.7 Å². The van der Waals surface area contributed by atoms with Gasteiger partial charge in [0.1, 0.15) is 52.7 Å². The molecule has 0 aliphatic heterocycles. The van der Waals surface area contributed by atoms with Crippen molar-refractivity contribution in [3.8, 4) is 0 Å². The summed E-state index contributed by atoms with van der Waals surface area (Å²) in [6.07, 6.45) is -5.20. The smallest absolute Gasteiger partial charge is 0.221 e. The van der Waals surface area contributed by atoms with Crippen molar-refractivity contribution in [3.63, 3.8) is 0 Å². The number of aliphatic hydroxyl groups excluding tert-OH is 12. The van der Waals surface area contributed by atoms with Crippen LogP contribution in [0, 0.1) is 5.41 Å². The molecule has 6 atom stereocenters. The summed E-state index contributed by atoms with van der Waals surface area (Å²) >= 11 is 0. The summed E-state index contributed by atoms with van der Waals surface area (Å²) in [5, 5.41) is 126. The average molecular weight is 988 g/mol. The molecule has 398 valence electrons. The number of ether oxygens (including phenoxy) is 6. The summed E-state index contributed by atoms with van der Waals surface area (Å²) in [6.45, 7) is 6.17. The minimum Gasteiger partial charge on any atom is -0.508 e. The van der Waals surface area contributed by atoms with Crippen LogP contribution in [0.5, 0.6) is 0 Å². The second kappa shape index (κ2) is 38.2. The fourth-order valence-corrected chi connectivity index (χ4v) is 6.01. The third-order valence-corrected chi connectivity index (χ3v) is 9.63. The molecule has 0 saturated heterocycles. The summed E-state index contributed by atoms with van der Waals surface area (Å²) in [4.78, 5) is 34.7. The molecule has 0 bridgehead atoms. The molecule has 0 saturated carbocycles. The van der Waals surface area contributed by atoms with Crippen LogP contribution in [0.25, 0.3) is 0 Å². The second-order valence-corrected chi connectivity index (χ2v) is 16.3. The molecule has 0 aromatic carbocycles. The predicted octanol–water partition coefficient (Wildman–Crippen LogP) is -0.495. The van der Waals surface area contributed by atoms with Crippen LogP contribution in [0.15, 0.2) is 34.4 Å². The average Bonchev–Trinajstić information content (AvgIpc) is 3.28. The first-order valence-corrected chi connectivity index (χ1v) is 22.9. The number of hydrogen-bond donors (Lipinski definition) is 15. The van der Waals surface area contributed by atoms with E-state index in [1.807, 2.05) is 6.92 Å². The van der Waals surface area contributed by atoms with E-state index in [1.165, 1.54) is 0 Å². The fourth-order valence-electron chi connectivity index (χ4n) is 6.01. The van der Waals surface area contributed by atoms with E-state index in [-0.39, 0.29) is 58.9 Å².